The normalized spacial score (nSPS) is 15.4. The molecular weight excluding hydrogens is 504 g/mol. The van der Waals surface area contributed by atoms with Crippen molar-refractivity contribution in [3.8, 4) is 17.2 Å². The molecule has 0 saturated carbocycles. The van der Waals surface area contributed by atoms with E-state index in [0.717, 1.165) is 11.3 Å². The van der Waals surface area contributed by atoms with Gasteiger partial charge in [0.05, 0.1) is 36.1 Å². The van der Waals surface area contributed by atoms with E-state index < -0.39 is 12.0 Å². The van der Waals surface area contributed by atoms with E-state index in [9.17, 15) is 14.7 Å². The molecule has 0 bridgehead atoms. The molecule has 10 heteroatoms. The van der Waals surface area contributed by atoms with Gasteiger partial charge in [0.15, 0.2) is 16.3 Å². The number of carbonyl (C=O) groups excluding carboxylic acids is 1. The minimum absolute atomic E-state index is 0.0170. The van der Waals surface area contributed by atoms with Crippen molar-refractivity contribution in [2.24, 2.45) is 4.99 Å². The fourth-order valence-electron chi connectivity index (χ4n) is 4.08. The Morgan fingerprint density at radius 1 is 1.25 bits per heavy atom. The van der Waals surface area contributed by atoms with Gasteiger partial charge in [-0.15, -0.1) is 0 Å². The third-order valence-corrected chi connectivity index (χ3v) is 6.82. The molecule has 1 aliphatic heterocycles. The number of hydrogen-bond acceptors (Lipinski definition) is 8. The number of allylic oxidation sites excluding steroid dienone is 1. The van der Waals surface area contributed by atoms with E-state index in [0.29, 0.717) is 49.3 Å². The van der Waals surface area contributed by atoms with Crippen molar-refractivity contribution < 1.29 is 24.1 Å². The van der Waals surface area contributed by atoms with E-state index >= 15 is 0 Å². The molecule has 2 aromatic carbocycles. The maximum atomic E-state index is 13.8. The molecule has 1 N–H and O–H groups in total. The molecule has 0 amide bonds. The van der Waals surface area contributed by atoms with E-state index in [-0.39, 0.29) is 23.5 Å². The Kier molecular flexibility index (Phi) is 7.51. The number of nitrogens with zero attached hydrogens (tertiary/aromatic N) is 2. The summed E-state index contributed by atoms with van der Waals surface area (Å²) < 4.78 is 18.6. The molecule has 3 aromatic rings. The van der Waals surface area contributed by atoms with Crippen molar-refractivity contribution in [3.05, 3.63) is 83.5 Å². The molecule has 1 atom stereocenters. The van der Waals surface area contributed by atoms with Gasteiger partial charge >= 0.3 is 5.97 Å². The third kappa shape index (κ3) is 4.64. The second-order valence-electron chi connectivity index (χ2n) is 7.82. The largest absolute Gasteiger partial charge is 0.507 e. The number of benzene rings is 2. The molecule has 0 spiro atoms. The lowest BCUT2D eigenvalue weighted by Crippen LogP contribution is -2.40. The van der Waals surface area contributed by atoms with Crippen LogP contribution in [0.4, 0.5) is 0 Å². The van der Waals surface area contributed by atoms with Gasteiger partial charge in [-0.1, -0.05) is 35.1 Å². The highest BCUT2D eigenvalue weighted by Gasteiger charge is 2.36. The minimum atomic E-state index is -0.868. The summed E-state index contributed by atoms with van der Waals surface area (Å²) in [6.45, 7) is 5.77. The Morgan fingerprint density at radius 2 is 2.03 bits per heavy atom. The molecular formula is C26H25ClN2O6S. The SMILES string of the molecule is CCOC(=O)C1=C(C)N=c2s/c(=C/c3cc(Cl)ccc3O)c(=O)n2[C@H]1c1cccc(OC)c1OCC. The van der Waals surface area contributed by atoms with Crippen molar-refractivity contribution in [2.75, 3.05) is 20.3 Å². The number of halogens is 1. The standard InChI is InChI=1S/C26H25ClN2O6S/c1-5-34-23-17(8-7-9-19(23)33-4)22-21(25(32)35-6-2)14(3)28-26-29(22)24(31)20(36-26)13-15-12-16(27)10-11-18(15)30/h7-13,22,30H,5-6H2,1-4H3/b20-13+/t22-/m0/s1. The topological polar surface area (TPSA) is 99.4 Å². The van der Waals surface area contributed by atoms with Gasteiger partial charge in [0, 0.05) is 16.1 Å². The number of fused-ring (bicyclic) bond motifs is 1. The number of carbonyl (C=O) groups is 1. The Bertz CT molecular complexity index is 1540. The molecule has 0 fully saturated rings. The van der Waals surface area contributed by atoms with Crippen molar-refractivity contribution in [1.29, 1.82) is 0 Å². The summed E-state index contributed by atoms with van der Waals surface area (Å²) in [5.74, 6) is 0.302. The number of para-hydroxylation sites is 1. The highest BCUT2D eigenvalue weighted by Crippen LogP contribution is 2.40. The van der Waals surface area contributed by atoms with Gasteiger partial charge in [0.2, 0.25) is 0 Å². The first-order valence-corrected chi connectivity index (χ1v) is 12.5. The summed E-state index contributed by atoms with van der Waals surface area (Å²) in [5.41, 5.74) is 1.23. The van der Waals surface area contributed by atoms with Crippen LogP contribution in [0.2, 0.25) is 5.02 Å². The lowest BCUT2D eigenvalue weighted by Gasteiger charge is -2.26. The first kappa shape index (κ1) is 25.5. The molecule has 1 aliphatic rings. The number of hydrogen-bond donors (Lipinski definition) is 1. The second-order valence-corrected chi connectivity index (χ2v) is 9.26. The Labute approximate surface area is 216 Å². The predicted molar refractivity (Wildman–Crippen MR) is 138 cm³/mol. The zero-order valence-electron chi connectivity index (χ0n) is 20.2. The molecule has 188 valence electrons. The number of thiazole rings is 1. The molecule has 0 aliphatic carbocycles. The van der Waals surface area contributed by atoms with Crippen molar-refractivity contribution in [3.63, 3.8) is 0 Å². The van der Waals surface area contributed by atoms with Crippen molar-refractivity contribution >= 4 is 35.0 Å². The van der Waals surface area contributed by atoms with Gasteiger partial charge < -0.3 is 19.3 Å². The number of esters is 1. The third-order valence-electron chi connectivity index (χ3n) is 5.61. The summed E-state index contributed by atoms with van der Waals surface area (Å²) in [5, 5.41) is 10.7. The fraction of sp³-hybridized carbons (Fsp3) is 0.269. The molecule has 1 aromatic heterocycles. The van der Waals surface area contributed by atoms with E-state index in [1.165, 1.54) is 17.7 Å². The van der Waals surface area contributed by atoms with Crippen LogP contribution in [0.15, 0.2) is 57.5 Å². The summed E-state index contributed by atoms with van der Waals surface area (Å²) in [7, 11) is 1.53. The fourth-order valence-corrected chi connectivity index (χ4v) is 5.29. The van der Waals surface area contributed by atoms with Gasteiger partial charge in [-0.2, -0.15) is 0 Å². The summed E-state index contributed by atoms with van der Waals surface area (Å²) in [6.07, 6.45) is 1.56. The van der Waals surface area contributed by atoms with Crippen LogP contribution in [0.25, 0.3) is 6.08 Å². The zero-order valence-corrected chi connectivity index (χ0v) is 21.8. The van der Waals surface area contributed by atoms with Crippen LogP contribution in [0, 0.1) is 0 Å². The van der Waals surface area contributed by atoms with Crippen LogP contribution in [-0.2, 0) is 9.53 Å². The maximum absolute atomic E-state index is 13.8. The maximum Gasteiger partial charge on any atom is 0.338 e. The van der Waals surface area contributed by atoms with Gasteiger partial charge in [-0.3, -0.25) is 9.36 Å². The lowest BCUT2D eigenvalue weighted by atomic mass is 9.94. The predicted octanol–water partition coefficient (Wildman–Crippen LogP) is 3.56. The van der Waals surface area contributed by atoms with Crippen LogP contribution >= 0.6 is 22.9 Å². The van der Waals surface area contributed by atoms with Gasteiger partial charge in [-0.05, 0) is 51.1 Å². The monoisotopic (exact) mass is 528 g/mol. The van der Waals surface area contributed by atoms with Crippen LogP contribution in [-0.4, -0.2) is 36.0 Å². The zero-order chi connectivity index (χ0) is 26.0. The minimum Gasteiger partial charge on any atom is -0.507 e. The van der Waals surface area contributed by atoms with Gasteiger partial charge in [0.25, 0.3) is 5.56 Å². The van der Waals surface area contributed by atoms with Crippen LogP contribution in [0.1, 0.15) is 37.9 Å². The Hall–Kier alpha value is -3.56. The van der Waals surface area contributed by atoms with Crippen molar-refractivity contribution in [1.82, 2.24) is 4.57 Å². The second kappa shape index (κ2) is 10.6. The average Bonchev–Trinajstić information content (AvgIpc) is 3.15. The first-order valence-electron chi connectivity index (χ1n) is 11.3. The number of aromatic hydroxyl groups is 1. The molecule has 0 unspecified atom stereocenters. The Morgan fingerprint density at radius 3 is 2.72 bits per heavy atom. The number of rotatable bonds is 7. The molecule has 2 heterocycles. The summed E-state index contributed by atoms with van der Waals surface area (Å²) >= 11 is 7.24. The van der Waals surface area contributed by atoms with E-state index in [1.807, 2.05) is 6.92 Å². The summed E-state index contributed by atoms with van der Waals surface area (Å²) in [6, 6.07) is 9.03. The van der Waals surface area contributed by atoms with Gasteiger partial charge in [0.1, 0.15) is 11.8 Å². The number of ether oxygens (including phenoxy) is 3. The van der Waals surface area contributed by atoms with Crippen LogP contribution in [0.5, 0.6) is 17.2 Å². The molecule has 36 heavy (non-hydrogen) atoms. The lowest BCUT2D eigenvalue weighted by molar-refractivity contribution is -0.139. The van der Waals surface area contributed by atoms with Crippen LogP contribution < -0.4 is 24.4 Å². The smallest absolute Gasteiger partial charge is 0.338 e. The highest BCUT2D eigenvalue weighted by molar-refractivity contribution is 7.07. The van der Waals surface area contributed by atoms with E-state index in [1.54, 1.807) is 50.3 Å². The first-order chi connectivity index (χ1) is 17.3. The molecule has 0 radical (unpaired) electrons. The quantitative estimate of drug-likeness (QED) is 0.471. The van der Waals surface area contributed by atoms with Crippen molar-refractivity contribution in [2.45, 2.75) is 26.8 Å². The molecule has 8 nitrogen and oxygen atoms in total. The average molecular weight is 529 g/mol. The van der Waals surface area contributed by atoms with Crippen LogP contribution in [0.3, 0.4) is 0 Å². The number of aromatic nitrogens is 1. The summed E-state index contributed by atoms with van der Waals surface area (Å²) in [4.78, 5) is 31.9. The molecule has 4 rings (SSSR count). The number of methoxy groups -OCH3 is 1. The molecule has 0 saturated heterocycles. The van der Waals surface area contributed by atoms with E-state index in [2.05, 4.69) is 4.99 Å². The Balaban J connectivity index is 2.04. The number of phenols is 1. The van der Waals surface area contributed by atoms with Gasteiger partial charge in [-0.25, -0.2) is 9.79 Å². The number of phenolic OH excluding ortho intramolecular Hbond substituents is 1. The van der Waals surface area contributed by atoms with E-state index in [4.69, 9.17) is 25.8 Å². The highest BCUT2D eigenvalue weighted by atomic mass is 35.5.